The molecule has 4 saturated heterocycles. The van der Waals surface area contributed by atoms with E-state index in [0.29, 0.717) is 35.5 Å². The Bertz CT molecular complexity index is 1430. The van der Waals surface area contributed by atoms with E-state index in [9.17, 15) is 43.8 Å². The number of hydrogen-bond donors (Lipinski definition) is 3. The van der Waals surface area contributed by atoms with Crippen molar-refractivity contribution in [2.75, 3.05) is 35.3 Å². The summed E-state index contributed by atoms with van der Waals surface area (Å²) in [5.74, 6) is 5.76. The lowest BCUT2D eigenvalue weighted by molar-refractivity contribution is -0.125. The first-order valence-electron chi connectivity index (χ1n) is 15.5. The van der Waals surface area contributed by atoms with E-state index in [1.807, 2.05) is 51.0 Å². The highest BCUT2D eigenvalue weighted by Gasteiger charge is 2.34. The third kappa shape index (κ3) is 14.5. The zero-order valence-corrected chi connectivity index (χ0v) is 31.5. The number of nitrogens with zero attached hydrogens (tertiary/aromatic N) is 1. The number of sulfonamides is 2. The highest BCUT2D eigenvalue weighted by Crippen LogP contribution is 2.25. The number of urea groups is 1. The second-order valence-corrected chi connectivity index (χ2v) is 21.6. The first kappa shape index (κ1) is 42.1. The molecule has 3 N–H and O–H groups in total. The fourth-order valence-electron chi connectivity index (χ4n) is 5.12. The number of carbonyl (C=O) groups is 3. The smallest absolute Gasteiger partial charge is 0.320 e. The Morgan fingerprint density at radius 1 is 0.630 bits per heavy atom. The summed E-state index contributed by atoms with van der Waals surface area (Å²) in [6.45, 7) is 16.0. The van der Waals surface area contributed by atoms with Gasteiger partial charge in [-0.1, -0.05) is 41.5 Å². The van der Waals surface area contributed by atoms with Crippen LogP contribution in [0.1, 0.15) is 74.7 Å². The summed E-state index contributed by atoms with van der Waals surface area (Å²) in [5.41, 5.74) is 0. The molecule has 18 heteroatoms. The van der Waals surface area contributed by atoms with E-state index in [2.05, 4.69) is 24.4 Å². The number of hydrogen-bond acceptors (Lipinski definition) is 10. The highest BCUT2D eigenvalue weighted by molar-refractivity contribution is 7.99. The second-order valence-electron chi connectivity index (χ2n) is 13.5. The van der Waals surface area contributed by atoms with Crippen molar-refractivity contribution < 1.29 is 43.8 Å². The van der Waals surface area contributed by atoms with Gasteiger partial charge in [-0.25, -0.2) is 39.0 Å². The van der Waals surface area contributed by atoms with Crippen LogP contribution in [0.3, 0.4) is 0 Å². The maximum Gasteiger partial charge on any atom is 0.331 e. The van der Waals surface area contributed by atoms with E-state index in [-0.39, 0.29) is 59.6 Å². The van der Waals surface area contributed by atoms with Crippen molar-refractivity contribution in [2.45, 2.75) is 80.7 Å². The predicted molar refractivity (Wildman–Crippen MR) is 182 cm³/mol. The molecule has 4 rings (SSSR count). The fourth-order valence-corrected chi connectivity index (χ4v) is 10.4. The van der Waals surface area contributed by atoms with E-state index in [0.717, 1.165) is 12.8 Å². The number of sulfone groups is 1. The second kappa shape index (κ2) is 17.0. The average molecular weight is 735 g/mol. The first-order valence-corrected chi connectivity index (χ1v) is 22.5. The molecule has 3 atom stereocenters. The topological polar surface area (TPSA) is 210 Å². The fraction of sp³-hybridized carbons (Fsp3) is 0.857. The Kier molecular flexibility index (Phi) is 15.5. The number of rotatable bonds is 4. The molecule has 0 radical (unpaired) electrons. The van der Waals surface area contributed by atoms with E-state index < -0.39 is 45.6 Å². The zero-order chi connectivity index (χ0) is 35.8. The SMILES string of the molecule is C=S1(=O)CC(C(C)C)C(=O)N1.CC(C)C1CCS(=O)(=O)CC1.CC(C)C1CCS(=O)(=O)NC1=O.CC(C)N1CCS(=O)(=O)NC1=O. The van der Waals surface area contributed by atoms with Crippen LogP contribution in [0.25, 0.3) is 0 Å². The van der Waals surface area contributed by atoms with E-state index in [4.69, 9.17) is 0 Å². The molecule has 4 aliphatic rings. The highest BCUT2D eigenvalue weighted by atomic mass is 32.2. The molecule has 0 aromatic carbocycles. The van der Waals surface area contributed by atoms with Gasteiger partial charge >= 0.3 is 6.03 Å². The summed E-state index contributed by atoms with van der Waals surface area (Å²) in [4.78, 5) is 34.8. The molecule has 46 heavy (non-hydrogen) atoms. The summed E-state index contributed by atoms with van der Waals surface area (Å²) < 4.78 is 83.2. The Morgan fingerprint density at radius 3 is 1.46 bits per heavy atom. The summed E-state index contributed by atoms with van der Waals surface area (Å²) >= 11 is 0. The Hall–Kier alpha value is -1.92. The van der Waals surface area contributed by atoms with Crippen LogP contribution in [-0.2, 0) is 49.2 Å². The van der Waals surface area contributed by atoms with Gasteiger partial charge in [0.2, 0.25) is 31.9 Å². The molecule has 3 unspecified atom stereocenters. The average Bonchev–Trinajstić information content (AvgIpc) is 3.15. The molecule has 4 aliphatic heterocycles. The lowest BCUT2D eigenvalue weighted by Crippen LogP contribution is -2.53. The zero-order valence-electron chi connectivity index (χ0n) is 28.3. The molecule has 270 valence electrons. The molecular weight excluding hydrogens is 681 g/mol. The van der Waals surface area contributed by atoms with Gasteiger partial charge in [0, 0.05) is 34.0 Å². The van der Waals surface area contributed by atoms with Crippen molar-refractivity contribution in [1.29, 1.82) is 0 Å². The van der Waals surface area contributed by atoms with Crippen LogP contribution in [0.15, 0.2) is 0 Å². The van der Waals surface area contributed by atoms with Crippen LogP contribution in [0, 0.1) is 35.5 Å². The van der Waals surface area contributed by atoms with Crippen LogP contribution in [0.2, 0.25) is 0 Å². The monoisotopic (exact) mass is 734 g/mol. The van der Waals surface area contributed by atoms with E-state index >= 15 is 0 Å². The molecule has 14 nitrogen and oxygen atoms in total. The van der Waals surface area contributed by atoms with Gasteiger partial charge in [0.25, 0.3) is 0 Å². The van der Waals surface area contributed by atoms with Crippen LogP contribution in [-0.4, -0.2) is 99.4 Å². The van der Waals surface area contributed by atoms with Crippen molar-refractivity contribution in [3.63, 3.8) is 0 Å². The standard InChI is InChI=1S/C8H16O2S.C7H13NO3S.C7H13NO2S.C6H12N2O3S/c1-7(2)8-3-5-11(9,10)6-4-8;1-5(2)6-3-4-12(10,11)8-7(6)9;1-5(2)6-4-11(3,10)8-7(6)9;1-5(2)8-3-4-12(10,11)7-6(8)9/h7-8H,3-6H2,1-2H3;5-6H,3-4H2,1-2H3,(H,8,9);5-6H,3-4H2,1-2H3,(H,8,9,10);5H,3-4H2,1-2H3,(H,7,9). The van der Waals surface area contributed by atoms with Crippen LogP contribution in [0.4, 0.5) is 4.79 Å². The largest absolute Gasteiger partial charge is 0.331 e. The van der Waals surface area contributed by atoms with Crippen molar-refractivity contribution in [3.8, 4) is 0 Å². The quantitative estimate of drug-likeness (QED) is 0.353. The first-order chi connectivity index (χ1) is 20.8. The minimum atomic E-state index is -3.34. The summed E-state index contributed by atoms with van der Waals surface area (Å²) in [5, 5.41) is 0. The third-order valence-corrected chi connectivity index (χ3v) is 13.9. The molecule has 4 fully saturated rings. The number of amides is 4. The molecule has 0 bridgehead atoms. The summed E-state index contributed by atoms with van der Waals surface area (Å²) in [6.07, 6.45) is 2.20. The molecule has 0 spiro atoms. The third-order valence-electron chi connectivity index (χ3n) is 8.24. The maximum atomic E-state index is 11.3. The van der Waals surface area contributed by atoms with Crippen molar-refractivity contribution >= 4 is 63.3 Å². The lowest BCUT2D eigenvalue weighted by atomic mass is 9.91. The van der Waals surface area contributed by atoms with Crippen LogP contribution < -0.4 is 14.2 Å². The van der Waals surface area contributed by atoms with Gasteiger partial charge in [-0.05, 0) is 62.7 Å². The predicted octanol–water partition coefficient (Wildman–Crippen LogP) is 1.35. The van der Waals surface area contributed by atoms with Gasteiger partial charge in [0.1, 0.15) is 9.84 Å². The van der Waals surface area contributed by atoms with Gasteiger partial charge < -0.3 is 4.90 Å². The van der Waals surface area contributed by atoms with Gasteiger partial charge in [-0.3, -0.25) is 19.0 Å². The van der Waals surface area contributed by atoms with Crippen molar-refractivity contribution in [1.82, 2.24) is 19.1 Å². The van der Waals surface area contributed by atoms with Gasteiger partial charge in [-0.15, -0.1) is 0 Å². The maximum absolute atomic E-state index is 11.3. The molecule has 0 aliphatic carbocycles. The van der Waals surface area contributed by atoms with E-state index in [1.54, 1.807) is 0 Å². The molecule has 4 amide bonds. The number of nitrogens with one attached hydrogen (secondary N) is 3. The molecule has 4 heterocycles. The Labute approximate surface area is 276 Å². The summed E-state index contributed by atoms with van der Waals surface area (Å²) in [6, 6.07) is -0.475. The van der Waals surface area contributed by atoms with Gasteiger partial charge in [0.05, 0.1) is 28.9 Å². The summed E-state index contributed by atoms with van der Waals surface area (Å²) in [7, 11) is -11.6. The normalized spacial score (nSPS) is 28.5. The Balaban J connectivity index is 0.000000307. The van der Waals surface area contributed by atoms with Crippen molar-refractivity contribution in [3.05, 3.63) is 0 Å². The van der Waals surface area contributed by atoms with Gasteiger partial charge in [-0.2, -0.15) is 0 Å². The van der Waals surface area contributed by atoms with E-state index in [1.165, 1.54) is 4.90 Å². The minimum absolute atomic E-state index is 0.00306. The lowest BCUT2D eigenvalue weighted by Gasteiger charge is -2.30. The Morgan fingerprint density at radius 2 is 1.11 bits per heavy atom. The molecule has 0 saturated carbocycles. The van der Waals surface area contributed by atoms with Crippen LogP contribution in [0.5, 0.6) is 0 Å². The number of carbonyl (C=O) groups excluding carboxylic acids is 3. The molecule has 0 aromatic rings. The minimum Gasteiger partial charge on any atom is -0.320 e. The molecule has 0 aromatic heterocycles. The molecular formula is C28H54N4O10S4. The van der Waals surface area contributed by atoms with Crippen molar-refractivity contribution in [2.24, 2.45) is 35.5 Å². The van der Waals surface area contributed by atoms with Crippen LogP contribution >= 0.6 is 0 Å². The van der Waals surface area contributed by atoms with Gasteiger partial charge in [0.15, 0.2) is 0 Å².